The van der Waals surface area contributed by atoms with Crippen molar-refractivity contribution in [2.24, 2.45) is 4.99 Å². The normalized spacial score (nSPS) is 20.1. The molecule has 1 aromatic rings. The molecule has 0 atom stereocenters. The van der Waals surface area contributed by atoms with Crippen molar-refractivity contribution in [2.45, 2.75) is 31.6 Å². The van der Waals surface area contributed by atoms with Crippen LogP contribution in [0.2, 0.25) is 0 Å². The molecule has 2 aliphatic carbocycles. The molecule has 136 valence electrons. The molecule has 4 nitrogen and oxygen atoms in total. The third-order valence-corrected chi connectivity index (χ3v) is 4.92. The molecule has 26 heavy (non-hydrogen) atoms. The Balaban J connectivity index is 1.87. The second kappa shape index (κ2) is 7.65. The molecule has 0 unspecified atom stereocenters. The standard InChI is InChI=1S/C22H25NO3/c1-22(12-13-22)17-6-8-18(9-7-17)26-19(11-14-23-2)16-5-10-20(24-3)21(15-16)25-4/h6-11,14-15H,2,5,12-13H2,1,3-4H3/b14-11-,19-16-. The Kier molecular flexibility index (Phi) is 5.31. The van der Waals surface area contributed by atoms with Crippen molar-refractivity contribution in [3.63, 3.8) is 0 Å². The summed E-state index contributed by atoms with van der Waals surface area (Å²) in [5.41, 5.74) is 2.71. The minimum atomic E-state index is 0.354. The number of rotatable bonds is 7. The first kappa shape index (κ1) is 18.1. The van der Waals surface area contributed by atoms with Gasteiger partial charge in [0, 0.05) is 11.8 Å². The summed E-state index contributed by atoms with van der Waals surface area (Å²) in [6.45, 7) is 5.80. The fourth-order valence-electron chi connectivity index (χ4n) is 2.96. The Morgan fingerprint density at radius 1 is 1.12 bits per heavy atom. The molecule has 1 saturated carbocycles. The van der Waals surface area contributed by atoms with E-state index in [2.05, 4.69) is 30.8 Å². The van der Waals surface area contributed by atoms with Crippen molar-refractivity contribution < 1.29 is 14.2 Å². The zero-order valence-electron chi connectivity index (χ0n) is 15.6. The van der Waals surface area contributed by atoms with E-state index in [1.807, 2.05) is 30.4 Å². The van der Waals surface area contributed by atoms with E-state index in [0.29, 0.717) is 23.4 Å². The van der Waals surface area contributed by atoms with E-state index in [1.54, 1.807) is 20.4 Å². The number of nitrogens with zero attached hydrogens (tertiary/aromatic N) is 1. The van der Waals surface area contributed by atoms with E-state index in [-0.39, 0.29) is 0 Å². The van der Waals surface area contributed by atoms with Crippen LogP contribution in [0.1, 0.15) is 31.7 Å². The van der Waals surface area contributed by atoms with E-state index in [0.717, 1.165) is 17.1 Å². The molecule has 4 heteroatoms. The summed E-state index contributed by atoms with van der Waals surface area (Å²) < 4.78 is 16.9. The largest absolute Gasteiger partial charge is 0.493 e. The molecule has 0 N–H and O–H groups in total. The van der Waals surface area contributed by atoms with Crippen LogP contribution >= 0.6 is 0 Å². The molecule has 1 fully saturated rings. The highest BCUT2D eigenvalue weighted by Gasteiger charge is 2.38. The van der Waals surface area contributed by atoms with Gasteiger partial charge in [-0.2, -0.15) is 0 Å². The number of hydrogen-bond donors (Lipinski definition) is 0. The van der Waals surface area contributed by atoms with Crippen LogP contribution in [0.15, 0.2) is 76.5 Å². The Morgan fingerprint density at radius 3 is 2.38 bits per heavy atom. The molecule has 0 saturated heterocycles. The smallest absolute Gasteiger partial charge is 0.160 e. The lowest BCUT2D eigenvalue weighted by Gasteiger charge is -2.18. The van der Waals surface area contributed by atoms with Gasteiger partial charge in [0.25, 0.3) is 0 Å². The first-order chi connectivity index (χ1) is 12.6. The van der Waals surface area contributed by atoms with E-state index < -0.39 is 0 Å². The molecule has 0 aliphatic heterocycles. The Hall–Kier alpha value is -2.75. The maximum Gasteiger partial charge on any atom is 0.160 e. The number of methoxy groups -OCH3 is 2. The highest BCUT2D eigenvalue weighted by Crippen LogP contribution is 2.47. The fraction of sp³-hybridized carbons (Fsp3) is 0.318. The van der Waals surface area contributed by atoms with Gasteiger partial charge in [0.2, 0.25) is 0 Å². The highest BCUT2D eigenvalue weighted by atomic mass is 16.5. The Bertz CT molecular complexity index is 793. The predicted molar refractivity (Wildman–Crippen MR) is 104 cm³/mol. The van der Waals surface area contributed by atoms with Crippen molar-refractivity contribution in [3.05, 3.63) is 77.1 Å². The van der Waals surface area contributed by atoms with Gasteiger partial charge in [-0.15, -0.1) is 0 Å². The molecule has 0 radical (unpaired) electrons. The minimum absolute atomic E-state index is 0.354. The molecular weight excluding hydrogens is 326 g/mol. The van der Waals surface area contributed by atoms with Crippen LogP contribution in [-0.2, 0) is 14.9 Å². The molecule has 0 amide bonds. The van der Waals surface area contributed by atoms with Gasteiger partial charge in [0.05, 0.1) is 14.2 Å². The average molecular weight is 351 g/mol. The van der Waals surface area contributed by atoms with Gasteiger partial charge < -0.3 is 14.2 Å². The number of benzene rings is 1. The summed E-state index contributed by atoms with van der Waals surface area (Å²) in [5, 5.41) is 0. The van der Waals surface area contributed by atoms with Crippen molar-refractivity contribution in [1.82, 2.24) is 0 Å². The van der Waals surface area contributed by atoms with E-state index in [1.165, 1.54) is 18.4 Å². The van der Waals surface area contributed by atoms with Gasteiger partial charge >= 0.3 is 0 Å². The summed E-state index contributed by atoms with van der Waals surface area (Å²) in [4.78, 5) is 3.80. The molecule has 2 aliphatic rings. The van der Waals surface area contributed by atoms with Gasteiger partial charge in [-0.25, -0.2) is 0 Å². The topological polar surface area (TPSA) is 40.0 Å². The maximum absolute atomic E-state index is 6.14. The van der Waals surface area contributed by atoms with Crippen molar-refractivity contribution >= 4 is 6.72 Å². The van der Waals surface area contributed by atoms with Crippen LogP contribution in [0.3, 0.4) is 0 Å². The maximum atomic E-state index is 6.14. The van der Waals surface area contributed by atoms with Crippen LogP contribution in [0.25, 0.3) is 0 Å². The van der Waals surface area contributed by atoms with E-state index in [9.17, 15) is 0 Å². The van der Waals surface area contributed by atoms with E-state index in [4.69, 9.17) is 14.2 Å². The van der Waals surface area contributed by atoms with Crippen LogP contribution in [0.5, 0.6) is 5.75 Å². The summed E-state index contributed by atoms with van der Waals surface area (Å²) in [5.74, 6) is 2.90. The first-order valence-electron chi connectivity index (χ1n) is 8.74. The Morgan fingerprint density at radius 2 is 1.81 bits per heavy atom. The number of hydrogen-bond acceptors (Lipinski definition) is 4. The summed E-state index contributed by atoms with van der Waals surface area (Å²) in [6.07, 6.45) is 10.5. The van der Waals surface area contributed by atoms with Gasteiger partial charge in [0.1, 0.15) is 11.5 Å². The number of allylic oxidation sites excluding steroid dienone is 4. The average Bonchev–Trinajstić information content (AvgIpc) is 3.43. The van der Waals surface area contributed by atoms with Crippen molar-refractivity contribution in [2.75, 3.05) is 14.2 Å². The monoisotopic (exact) mass is 351 g/mol. The first-order valence-corrected chi connectivity index (χ1v) is 8.74. The Labute approximate surface area is 155 Å². The third-order valence-electron chi connectivity index (χ3n) is 4.92. The predicted octanol–water partition coefficient (Wildman–Crippen LogP) is 5.05. The lowest BCUT2D eigenvalue weighted by molar-refractivity contribution is 0.217. The quantitative estimate of drug-likeness (QED) is 0.510. The zero-order valence-corrected chi connectivity index (χ0v) is 15.6. The molecular formula is C22H25NO3. The number of aliphatic imine (C=N–C) groups is 1. The summed E-state index contributed by atoms with van der Waals surface area (Å²) in [6, 6.07) is 8.35. The zero-order chi connectivity index (χ0) is 18.6. The van der Waals surface area contributed by atoms with Crippen LogP contribution in [-0.4, -0.2) is 20.9 Å². The molecule has 0 aromatic heterocycles. The van der Waals surface area contributed by atoms with Gasteiger partial charge in [-0.3, -0.25) is 4.99 Å². The van der Waals surface area contributed by atoms with Gasteiger partial charge in [0.15, 0.2) is 11.5 Å². The molecule has 0 heterocycles. The summed E-state index contributed by atoms with van der Waals surface area (Å²) >= 11 is 0. The van der Waals surface area contributed by atoms with Crippen LogP contribution < -0.4 is 4.74 Å². The highest BCUT2D eigenvalue weighted by molar-refractivity contribution is 5.43. The SMILES string of the molecule is C=N/C=C\C(Oc1ccc(C2(C)CC2)cc1)=C1\C=C(OC)C(OC)=CC1. The van der Waals surface area contributed by atoms with E-state index >= 15 is 0 Å². The molecule has 0 spiro atoms. The van der Waals surface area contributed by atoms with Gasteiger partial charge in [-0.05, 0) is 67.3 Å². The summed E-state index contributed by atoms with van der Waals surface area (Å²) in [7, 11) is 3.26. The lowest BCUT2D eigenvalue weighted by atomic mass is 9.98. The minimum Gasteiger partial charge on any atom is -0.493 e. The van der Waals surface area contributed by atoms with Crippen LogP contribution in [0, 0.1) is 0 Å². The second-order valence-corrected chi connectivity index (χ2v) is 6.76. The second-order valence-electron chi connectivity index (χ2n) is 6.76. The fourth-order valence-corrected chi connectivity index (χ4v) is 2.96. The van der Waals surface area contributed by atoms with Crippen molar-refractivity contribution in [3.8, 4) is 5.75 Å². The van der Waals surface area contributed by atoms with Crippen LogP contribution in [0.4, 0.5) is 0 Å². The lowest BCUT2D eigenvalue weighted by Crippen LogP contribution is -2.05. The van der Waals surface area contributed by atoms with Gasteiger partial charge in [-0.1, -0.05) is 19.1 Å². The molecule has 0 bridgehead atoms. The van der Waals surface area contributed by atoms with Crippen molar-refractivity contribution in [1.29, 1.82) is 0 Å². The molecule has 1 aromatic carbocycles. The number of ether oxygens (including phenoxy) is 3. The molecule has 3 rings (SSSR count). The third kappa shape index (κ3) is 3.90.